The Balaban J connectivity index is 1.74. The monoisotopic (exact) mass is 505 g/mol. The van der Waals surface area contributed by atoms with E-state index < -0.39 is 34.4 Å². The Morgan fingerprint density at radius 2 is 1.74 bits per heavy atom. The third-order valence-electron chi connectivity index (χ3n) is 6.12. The van der Waals surface area contributed by atoms with Crippen molar-refractivity contribution in [3.05, 3.63) is 64.8 Å². The lowest BCUT2D eigenvalue weighted by Crippen LogP contribution is -2.61. The summed E-state index contributed by atoms with van der Waals surface area (Å²) >= 11 is 6.96. The van der Waals surface area contributed by atoms with Gasteiger partial charge < -0.3 is 5.32 Å². The molecule has 1 unspecified atom stereocenters. The highest BCUT2D eigenvalue weighted by molar-refractivity contribution is 7.22. The van der Waals surface area contributed by atoms with Crippen LogP contribution in [-0.4, -0.2) is 28.4 Å². The molecule has 2 aliphatic rings. The third kappa shape index (κ3) is 3.41. The number of benzene rings is 2. The van der Waals surface area contributed by atoms with Gasteiger partial charge in [0.15, 0.2) is 10.9 Å². The van der Waals surface area contributed by atoms with Crippen LogP contribution in [-0.2, 0) is 9.59 Å². The molecule has 0 spiro atoms. The Labute approximate surface area is 202 Å². The first kappa shape index (κ1) is 22.9. The fraction of sp³-hybridized carbons (Fsp3) is 0.292. The zero-order valence-electron chi connectivity index (χ0n) is 18.2. The second-order valence-electron chi connectivity index (χ2n) is 9.24. The van der Waals surface area contributed by atoms with Crippen molar-refractivity contribution < 1.29 is 22.8 Å². The number of allylic oxidation sites excluding steroid dienone is 1. The molecule has 34 heavy (non-hydrogen) atoms. The number of hydrogen-bond donors (Lipinski definition) is 1. The molecule has 10 heteroatoms. The van der Waals surface area contributed by atoms with Crippen molar-refractivity contribution >= 4 is 55.7 Å². The first-order valence-corrected chi connectivity index (χ1v) is 11.7. The van der Waals surface area contributed by atoms with Gasteiger partial charge in [0.1, 0.15) is 0 Å². The normalized spacial score (nSPS) is 22.5. The van der Waals surface area contributed by atoms with Crippen molar-refractivity contribution in [2.45, 2.75) is 38.4 Å². The average Bonchev–Trinajstić information content (AvgIpc) is 3.24. The number of ketones is 1. The first-order valence-electron chi connectivity index (χ1n) is 10.5. The van der Waals surface area contributed by atoms with E-state index >= 15 is 0 Å². The number of hydrogen-bond acceptors (Lipinski definition) is 5. The zero-order chi connectivity index (χ0) is 24.5. The minimum atomic E-state index is -5.11. The summed E-state index contributed by atoms with van der Waals surface area (Å²) in [4.78, 5) is 32.3. The van der Waals surface area contributed by atoms with E-state index in [1.807, 2.05) is 0 Å². The minimum Gasteiger partial charge on any atom is -0.336 e. The summed E-state index contributed by atoms with van der Waals surface area (Å²) in [6, 6.07) is 12.8. The molecule has 3 aromatic rings. The summed E-state index contributed by atoms with van der Waals surface area (Å²) in [6.45, 7) is 3.60. The van der Waals surface area contributed by atoms with Gasteiger partial charge in [-0.15, -0.1) is 0 Å². The predicted molar refractivity (Wildman–Crippen MR) is 126 cm³/mol. The van der Waals surface area contributed by atoms with Gasteiger partial charge in [-0.3, -0.25) is 14.5 Å². The first-order chi connectivity index (χ1) is 15.9. The molecule has 0 radical (unpaired) electrons. The molecule has 176 valence electrons. The van der Waals surface area contributed by atoms with E-state index in [0.29, 0.717) is 15.2 Å². The molecule has 1 aromatic heterocycles. The Bertz CT molecular complexity index is 1330. The van der Waals surface area contributed by atoms with Crippen LogP contribution in [0.3, 0.4) is 0 Å². The van der Waals surface area contributed by atoms with E-state index in [1.165, 1.54) is 24.3 Å². The lowest BCUT2D eigenvalue weighted by Gasteiger charge is -2.35. The molecule has 2 aromatic carbocycles. The molecule has 5 rings (SSSR count). The summed E-state index contributed by atoms with van der Waals surface area (Å²) in [5.74, 6) is -1.99. The molecule has 0 saturated heterocycles. The quantitative estimate of drug-likeness (QED) is 0.450. The number of anilines is 2. The minimum absolute atomic E-state index is 0.0551. The maximum atomic E-state index is 15.0. The maximum absolute atomic E-state index is 15.0. The molecule has 1 aliphatic heterocycles. The molecule has 1 N–H and O–H groups in total. The van der Waals surface area contributed by atoms with Crippen LogP contribution in [0.25, 0.3) is 10.2 Å². The smallest absolute Gasteiger partial charge is 0.336 e. The second-order valence-corrected chi connectivity index (χ2v) is 10.7. The van der Waals surface area contributed by atoms with Crippen molar-refractivity contribution in [1.82, 2.24) is 4.98 Å². The summed E-state index contributed by atoms with van der Waals surface area (Å²) in [6.07, 6.45) is -5.09. The molecular weight excluding hydrogens is 487 g/mol. The van der Waals surface area contributed by atoms with Crippen molar-refractivity contribution in [2.24, 2.45) is 5.41 Å². The van der Waals surface area contributed by atoms with Crippen LogP contribution in [0.2, 0.25) is 5.02 Å². The van der Waals surface area contributed by atoms with Gasteiger partial charge in [0.25, 0.3) is 5.91 Å². The fourth-order valence-electron chi connectivity index (χ4n) is 4.70. The SMILES string of the molecule is CC1(C)CC(=O)C2=C(C1)N(c1ccc(Cl)cc1)C(=O)C2(Nc1nc2ccccc2s1)C(F)(F)F. The van der Waals surface area contributed by atoms with Gasteiger partial charge >= 0.3 is 6.18 Å². The predicted octanol–water partition coefficient (Wildman–Crippen LogP) is 6.35. The van der Waals surface area contributed by atoms with Crippen molar-refractivity contribution in [3.63, 3.8) is 0 Å². The highest BCUT2D eigenvalue weighted by Gasteiger charge is 2.71. The lowest BCUT2D eigenvalue weighted by molar-refractivity contribution is -0.175. The van der Waals surface area contributed by atoms with Crippen LogP contribution < -0.4 is 10.2 Å². The number of alkyl halides is 3. The molecule has 1 atom stereocenters. The Hall–Kier alpha value is -2.91. The number of para-hydroxylation sites is 1. The largest absolute Gasteiger partial charge is 0.425 e. The number of amides is 1. The van der Waals surface area contributed by atoms with Crippen molar-refractivity contribution in [2.75, 3.05) is 10.2 Å². The van der Waals surface area contributed by atoms with E-state index in [2.05, 4.69) is 10.3 Å². The maximum Gasteiger partial charge on any atom is 0.425 e. The van der Waals surface area contributed by atoms with Crippen LogP contribution >= 0.6 is 22.9 Å². The van der Waals surface area contributed by atoms with E-state index in [0.717, 1.165) is 16.2 Å². The van der Waals surface area contributed by atoms with Gasteiger partial charge in [0.05, 0.1) is 15.8 Å². The van der Waals surface area contributed by atoms with E-state index in [9.17, 15) is 22.8 Å². The van der Waals surface area contributed by atoms with Crippen molar-refractivity contribution in [1.29, 1.82) is 0 Å². The van der Waals surface area contributed by atoms with Crippen LogP contribution in [0.5, 0.6) is 0 Å². The van der Waals surface area contributed by atoms with E-state index in [4.69, 9.17) is 11.6 Å². The fourth-order valence-corrected chi connectivity index (χ4v) is 5.75. The highest BCUT2D eigenvalue weighted by Crippen LogP contribution is 2.54. The van der Waals surface area contributed by atoms with Crippen LogP contribution in [0, 0.1) is 5.41 Å². The van der Waals surface area contributed by atoms with Crippen LogP contribution in [0.1, 0.15) is 26.7 Å². The number of rotatable bonds is 3. The number of fused-ring (bicyclic) bond motifs is 1. The third-order valence-corrected chi connectivity index (χ3v) is 7.32. The van der Waals surface area contributed by atoms with Gasteiger partial charge in [-0.05, 0) is 48.2 Å². The number of halogens is 4. The molecule has 1 aliphatic carbocycles. The summed E-state index contributed by atoms with van der Waals surface area (Å²) < 4.78 is 45.5. The van der Waals surface area contributed by atoms with Gasteiger partial charge in [-0.1, -0.05) is 48.9 Å². The molecule has 0 fully saturated rings. The molecule has 1 amide bonds. The zero-order valence-corrected chi connectivity index (χ0v) is 19.7. The second kappa shape index (κ2) is 7.55. The van der Waals surface area contributed by atoms with E-state index in [1.54, 1.807) is 38.1 Å². The Morgan fingerprint density at radius 1 is 1.06 bits per heavy atom. The molecule has 2 heterocycles. The number of nitrogens with one attached hydrogen (secondary N) is 1. The van der Waals surface area contributed by atoms with Crippen LogP contribution in [0.4, 0.5) is 24.0 Å². The number of aromatic nitrogens is 1. The molecule has 0 bridgehead atoms. The average molecular weight is 506 g/mol. The summed E-state index contributed by atoms with van der Waals surface area (Å²) in [7, 11) is 0. The van der Waals surface area contributed by atoms with Gasteiger partial charge in [-0.2, -0.15) is 13.2 Å². The molecule has 5 nitrogen and oxygen atoms in total. The number of carbonyl (C=O) groups excluding carboxylic acids is 2. The Morgan fingerprint density at radius 3 is 2.38 bits per heavy atom. The van der Waals surface area contributed by atoms with Crippen LogP contribution in [0.15, 0.2) is 59.8 Å². The number of nitrogens with zero attached hydrogens (tertiary/aromatic N) is 2. The Kier molecular flexibility index (Phi) is 5.07. The number of thiazole rings is 1. The molecular formula is C24H19ClF3N3O2S. The van der Waals surface area contributed by atoms with Gasteiger partial charge in [-0.25, -0.2) is 4.98 Å². The number of Topliss-reactive ketones (excluding diaryl/α,β-unsaturated/α-hetero) is 1. The van der Waals surface area contributed by atoms with Crippen molar-refractivity contribution in [3.8, 4) is 0 Å². The summed E-state index contributed by atoms with van der Waals surface area (Å²) in [5, 5.41) is 2.67. The van der Waals surface area contributed by atoms with E-state index in [-0.39, 0.29) is 29.4 Å². The lowest BCUT2D eigenvalue weighted by atomic mass is 9.72. The standard InChI is InChI=1S/C24H19ClF3N3O2S/c1-22(2)11-16-19(17(32)12-22)23(24(26,27)28,20(33)31(16)14-9-7-13(25)8-10-14)30-21-29-15-5-3-4-6-18(15)34-21/h3-10H,11-12H2,1-2H3,(H,29,30). The highest BCUT2D eigenvalue weighted by atomic mass is 35.5. The topological polar surface area (TPSA) is 62.3 Å². The summed E-state index contributed by atoms with van der Waals surface area (Å²) in [5.41, 5.74) is -3.65. The van der Waals surface area contributed by atoms with Gasteiger partial charge in [0, 0.05) is 22.8 Å². The van der Waals surface area contributed by atoms with Gasteiger partial charge in [0.2, 0.25) is 5.54 Å². The number of carbonyl (C=O) groups is 2. The molecule has 0 saturated carbocycles.